The highest BCUT2D eigenvalue weighted by Crippen LogP contribution is 2.17. The van der Waals surface area contributed by atoms with Crippen molar-refractivity contribution in [1.29, 1.82) is 0 Å². The summed E-state index contributed by atoms with van der Waals surface area (Å²) < 4.78 is 15.6. The number of carbonyl (C=O) groups excluding carboxylic acids is 4. The number of ketones is 2. The molecule has 0 unspecified atom stereocenters. The molecule has 2 atom stereocenters. The third-order valence-electron chi connectivity index (χ3n) is 4.50. The van der Waals surface area contributed by atoms with E-state index in [-0.39, 0.29) is 43.6 Å². The Morgan fingerprint density at radius 1 is 0.833 bits per heavy atom. The van der Waals surface area contributed by atoms with E-state index in [0.29, 0.717) is 5.02 Å². The maximum Gasteiger partial charge on any atom is 0.307 e. The number of halogens is 1. The van der Waals surface area contributed by atoms with Gasteiger partial charge in [-0.1, -0.05) is 43.6 Å². The Balaban J connectivity index is 0.000000757. The summed E-state index contributed by atoms with van der Waals surface area (Å²) in [6.45, 7) is 13.7. The number of Topliss-reactive ketones (excluding diaryl/α,β-unsaturated/α-hetero) is 2. The number of aliphatic hydroxyl groups excluding tert-OH is 1. The predicted molar refractivity (Wildman–Crippen MR) is 137 cm³/mol. The highest BCUT2D eigenvalue weighted by Gasteiger charge is 2.23. The largest absolute Gasteiger partial charge is 0.460 e. The molecule has 0 spiro atoms. The van der Waals surface area contributed by atoms with E-state index in [1.807, 2.05) is 18.2 Å². The van der Waals surface area contributed by atoms with Gasteiger partial charge in [0.25, 0.3) is 0 Å². The summed E-state index contributed by atoms with van der Waals surface area (Å²) in [6.07, 6.45) is 0.0855. The van der Waals surface area contributed by atoms with Crippen molar-refractivity contribution >= 4 is 35.1 Å². The summed E-state index contributed by atoms with van der Waals surface area (Å²) in [6, 6.07) is 7.31. The third kappa shape index (κ3) is 16.4. The van der Waals surface area contributed by atoms with E-state index in [2.05, 4.69) is 0 Å². The molecule has 0 heterocycles. The maximum atomic E-state index is 12.0. The minimum absolute atomic E-state index is 0.0245. The van der Waals surface area contributed by atoms with E-state index in [1.165, 1.54) is 0 Å². The number of carbonyl (C=O) groups is 4. The SMILES string of the molecule is C[C@@H](CC(=O)OC(C)(C)C)C(=O)CO.C[C@@H](CC(=O)OC(C)(C)C)C(=O)COCc1ccccc1Cl. The van der Waals surface area contributed by atoms with Gasteiger partial charge in [0.2, 0.25) is 0 Å². The average molecular weight is 529 g/mol. The first-order valence-electron chi connectivity index (χ1n) is 11.9. The first-order valence-corrected chi connectivity index (χ1v) is 12.2. The van der Waals surface area contributed by atoms with Crippen LogP contribution >= 0.6 is 11.6 Å². The standard InChI is InChI=1S/C17H23ClO4.C10H18O4/c1-12(9-16(20)22-17(2,3)4)15(19)11-21-10-13-7-5-6-8-14(13)18;1-7(8(12)6-11)5-9(13)14-10(2,3)4/h5-8,12H,9-11H2,1-4H3;7,11H,5-6H2,1-4H3/t12-;7-/m00/s1. The van der Waals surface area contributed by atoms with Crippen molar-refractivity contribution in [3.8, 4) is 0 Å². The highest BCUT2D eigenvalue weighted by molar-refractivity contribution is 6.31. The summed E-state index contributed by atoms with van der Waals surface area (Å²) in [7, 11) is 0. The van der Waals surface area contributed by atoms with Gasteiger partial charge in [-0.3, -0.25) is 19.2 Å². The van der Waals surface area contributed by atoms with Gasteiger partial charge in [-0.15, -0.1) is 0 Å². The second-order valence-corrected chi connectivity index (χ2v) is 11.0. The summed E-state index contributed by atoms with van der Waals surface area (Å²) in [5.74, 6) is -2.16. The van der Waals surface area contributed by atoms with Crippen molar-refractivity contribution in [1.82, 2.24) is 0 Å². The molecule has 0 aliphatic heterocycles. The van der Waals surface area contributed by atoms with Crippen molar-refractivity contribution in [2.24, 2.45) is 11.8 Å². The fourth-order valence-electron chi connectivity index (χ4n) is 2.67. The fraction of sp³-hybridized carbons (Fsp3) is 0.630. The van der Waals surface area contributed by atoms with E-state index in [0.717, 1.165) is 5.56 Å². The molecule has 0 amide bonds. The second kappa shape index (κ2) is 15.7. The van der Waals surface area contributed by atoms with Crippen LogP contribution in [0.3, 0.4) is 0 Å². The van der Waals surface area contributed by atoms with Crippen LogP contribution in [0, 0.1) is 11.8 Å². The molecule has 0 saturated carbocycles. The van der Waals surface area contributed by atoms with Crippen LogP contribution in [0.5, 0.6) is 0 Å². The first kappa shape index (κ1) is 33.7. The van der Waals surface area contributed by atoms with Gasteiger partial charge in [0.15, 0.2) is 11.6 Å². The molecule has 8 nitrogen and oxygen atoms in total. The maximum absolute atomic E-state index is 12.0. The molecule has 1 aromatic rings. The first-order chi connectivity index (χ1) is 16.4. The van der Waals surface area contributed by atoms with Crippen molar-refractivity contribution in [3.63, 3.8) is 0 Å². The van der Waals surface area contributed by atoms with Crippen LogP contribution in [-0.4, -0.2) is 53.0 Å². The fourth-order valence-corrected chi connectivity index (χ4v) is 2.86. The summed E-state index contributed by atoms with van der Waals surface area (Å²) in [5, 5.41) is 9.16. The lowest BCUT2D eigenvalue weighted by molar-refractivity contribution is -0.158. The molecule has 0 aliphatic rings. The Morgan fingerprint density at radius 2 is 1.28 bits per heavy atom. The van der Waals surface area contributed by atoms with E-state index < -0.39 is 35.6 Å². The minimum atomic E-state index is -0.541. The molecular formula is C27H41ClO8. The van der Waals surface area contributed by atoms with E-state index >= 15 is 0 Å². The molecule has 0 radical (unpaired) electrons. The van der Waals surface area contributed by atoms with E-state index in [9.17, 15) is 19.2 Å². The van der Waals surface area contributed by atoms with Crippen LogP contribution in [0.4, 0.5) is 0 Å². The van der Waals surface area contributed by atoms with Crippen LogP contribution < -0.4 is 0 Å². The van der Waals surface area contributed by atoms with Gasteiger partial charge in [0, 0.05) is 16.9 Å². The van der Waals surface area contributed by atoms with Crippen LogP contribution in [0.1, 0.15) is 73.8 Å². The van der Waals surface area contributed by atoms with Gasteiger partial charge in [0.1, 0.15) is 24.4 Å². The quantitative estimate of drug-likeness (QED) is 0.410. The Hall–Kier alpha value is -2.29. The zero-order valence-corrected chi connectivity index (χ0v) is 23.4. The number of benzene rings is 1. The van der Waals surface area contributed by atoms with Crippen LogP contribution in [-0.2, 0) is 40.0 Å². The zero-order valence-electron chi connectivity index (χ0n) is 22.7. The lowest BCUT2D eigenvalue weighted by atomic mass is 10.0. The number of hydrogen-bond acceptors (Lipinski definition) is 8. The number of aliphatic hydroxyl groups is 1. The summed E-state index contributed by atoms with van der Waals surface area (Å²) in [5.41, 5.74) is -0.240. The molecule has 204 valence electrons. The van der Waals surface area contributed by atoms with E-state index in [4.69, 9.17) is 30.9 Å². The van der Waals surface area contributed by atoms with Gasteiger partial charge >= 0.3 is 11.9 Å². The molecule has 36 heavy (non-hydrogen) atoms. The lowest BCUT2D eigenvalue weighted by Crippen LogP contribution is -2.27. The lowest BCUT2D eigenvalue weighted by Gasteiger charge is -2.20. The molecule has 0 aliphatic carbocycles. The van der Waals surface area contributed by atoms with Crippen molar-refractivity contribution < 1.29 is 38.5 Å². The minimum Gasteiger partial charge on any atom is -0.460 e. The molecule has 1 rings (SSSR count). The molecule has 9 heteroatoms. The zero-order chi connectivity index (χ0) is 28.1. The summed E-state index contributed by atoms with van der Waals surface area (Å²) >= 11 is 6.01. The molecule has 0 saturated heterocycles. The smallest absolute Gasteiger partial charge is 0.307 e. The molecule has 0 fully saturated rings. The predicted octanol–water partition coefficient (Wildman–Crippen LogP) is 4.71. The van der Waals surface area contributed by atoms with Crippen molar-refractivity contribution in [3.05, 3.63) is 34.9 Å². The highest BCUT2D eigenvalue weighted by atomic mass is 35.5. The summed E-state index contributed by atoms with van der Waals surface area (Å²) in [4.78, 5) is 45.8. The van der Waals surface area contributed by atoms with Crippen LogP contribution in [0.2, 0.25) is 5.02 Å². The third-order valence-corrected chi connectivity index (χ3v) is 4.87. The normalized spacial score (nSPS) is 13.1. The molecule has 0 bridgehead atoms. The number of esters is 2. The second-order valence-electron chi connectivity index (χ2n) is 10.6. The van der Waals surface area contributed by atoms with Gasteiger partial charge in [-0.2, -0.15) is 0 Å². The van der Waals surface area contributed by atoms with Gasteiger partial charge in [-0.05, 0) is 53.2 Å². The van der Waals surface area contributed by atoms with Crippen LogP contribution in [0.15, 0.2) is 24.3 Å². The Labute approximate surface area is 219 Å². The number of rotatable bonds is 11. The Morgan fingerprint density at radius 3 is 1.69 bits per heavy atom. The number of hydrogen-bond donors (Lipinski definition) is 1. The van der Waals surface area contributed by atoms with Crippen LogP contribution in [0.25, 0.3) is 0 Å². The monoisotopic (exact) mass is 528 g/mol. The van der Waals surface area contributed by atoms with Gasteiger partial charge < -0.3 is 19.3 Å². The van der Waals surface area contributed by atoms with E-state index in [1.54, 1.807) is 61.5 Å². The Bertz CT molecular complexity index is 867. The number of ether oxygens (including phenoxy) is 3. The molecule has 0 aromatic heterocycles. The van der Waals surface area contributed by atoms with Crippen molar-refractivity contribution in [2.75, 3.05) is 13.2 Å². The molecule has 1 N–H and O–H groups in total. The topological polar surface area (TPSA) is 116 Å². The van der Waals surface area contributed by atoms with Gasteiger partial charge in [-0.25, -0.2) is 0 Å². The molecule has 1 aromatic carbocycles. The average Bonchev–Trinajstić information content (AvgIpc) is 2.71. The molecular weight excluding hydrogens is 488 g/mol. The Kier molecular flexibility index (Phi) is 14.7. The van der Waals surface area contributed by atoms with Crippen molar-refractivity contribution in [2.45, 2.75) is 86.0 Å². The van der Waals surface area contributed by atoms with Gasteiger partial charge in [0.05, 0.1) is 19.4 Å².